The summed E-state index contributed by atoms with van der Waals surface area (Å²) >= 11 is 0. The van der Waals surface area contributed by atoms with Crippen LogP contribution in [0.2, 0.25) is 0 Å². The third kappa shape index (κ3) is 2.44. The van der Waals surface area contributed by atoms with Gasteiger partial charge < -0.3 is 5.32 Å². The van der Waals surface area contributed by atoms with E-state index < -0.39 is 0 Å². The fourth-order valence-corrected chi connectivity index (χ4v) is 4.73. The monoisotopic (exact) mass is 356 g/mol. The Balaban J connectivity index is 1.66. The summed E-state index contributed by atoms with van der Waals surface area (Å²) in [4.78, 5) is 11.4. The Morgan fingerprint density at radius 1 is 1.07 bits per heavy atom. The smallest absolute Gasteiger partial charge is 0.275 e. The molecule has 3 aromatic rings. The summed E-state index contributed by atoms with van der Waals surface area (Å²) in [6.07, 6.45) is 5.26. The van der Waals surface area contributed by atoms with E-state index in [1.54, 1.807) is 6.07 Å². The van der Waals surface area contributed by atoms with Crippen LogP contribution in [0.3, 0.4) is 0 Å². The number of nitro groups is 1. The molecule has 0 saturated carbocycles. The van der Waals surface area contributed by atoms with Crippen LogP contribution in [0, 0.1) is 23.0 Å². The molecule has 134 valence electrons. The van der Waals surface area contributed by atoms with Gasteiger partial charge in [-0.15, -0.1) is 0 Å². The lowest BCUT2D eigenvalue weighted by Crippen LogP contribution is -2.30. The number of anilines is 1. The molecule has 3 unspecified atom stereocenters. The maximum absolute atomic E-state index is 11.6. The maximum atomic E-state index is 11.6. The molecular formula is C23H20N2O2. The summed E-state index contributed by atoms with van der Waals surface area (Å²) in [6.45, 7) is 2.02. The van der Waals surface area contributed by atoms with E-state index in [-0.39, 0.29) is 22.6 Å². The van der Waals surface area contributed by atoms with E-state index in [0.717, 1.165) is 23.2 Å². The van der Waals surface area contributed by atoms with E-state index in [4.69, 9.17) is 0 Å². The van der Waals surface area contributed by atoms with Crippen LogP contribution in [-0.4, -0.2) is 4.92 Å². The van der Waals surface area contributed by atoms with Crippen molar-refractivity contribution in [2.45, 2.75) is 25.3 Å². The number of benzene rings is 3. The number of nitro benzene ring substituents is 1. The van der Waals surface area contributed by atoms with E-state index in [1.807, 2.05) is 13.0 Å². The van der Waals surface area contributed by atoms with Crippen LogP contribution >= 0.6 is 0 Å². The Kier molecular flexibility index (Phi) is 3.54. The molecule has 1 N–H and O–H groups in total. The molecule has 3 aromatic carbocycles. The van der Waals surface area contributed by atoms with Gasteiger partial charge in [0, 0.05) is 17.7 Å². The average Bonchev–Trinajstić information content (AvgIpc) is 3.17. The molecule has 1 aliphatic heterocycles. The fraction of sp³-hybridized carbons (Fsp3) is 0.217. The highest BCUT2D eigenvalue weighted by Crippen LogP contribution is 2.53. The summed E-state index contributed by atoms with van der Waals surface area (Å²) in [6, 6.07) is 18.6. The van der Waals surface area contributed by atoms with Gasteiger partial charge in [0.05, 0.1) is 16.5 Å². The molecule has 0 spiro atoms. The lowest BCUT2D eigenvalue weighted by Gasteiger charge is -2.38. The van der Waals surface area contributed by atoms with Gasteiger partial charge in [0.25, 0.3) is 5.69 Å². The molecule has 4 heteroatoms. The topological polar surface area (TPSA) is 55.2 Å². The first kappa shape index (κ1) is 16.1. The zero-order chi connectivity index (χ0) is 18.5. The lowest BCUT2D eigenvalue weighted by molar-refractivity contribution is -0.385. The van der Waals surface area contributed by atoms with Crippen molar-refractivity contribution in [3.63, 3.8) is 0 Å². The molecule has 0 saturated heterocycles. The van der Waals surface area contributed by atoms with Crippen LogP contribution in [0.25, 0.3) is 10.8 Å². The second-order valence-electron chi connectivity index (χ2n) is 7.53. The van der Waals surface area contributed by atoms with Crippen molar-refractivity contribution in [3.8, 4) is 0 Å². The van der Waals surface area contributed by atoms with Crippen molar-refractivity contribution in [1.29, 1.82) is 0 Å². The first-order valence-corrected chi connectivity index (χ1v) is 9.33. The van der Waals surface area contributed by atoms with Crippen LogP contribution in [0.1, 0.15) is 35.1 Å². The summed E-state index contributed by atoms with van der Waals surface area (Å²) < 4.78 is 0. The van der Waals surface area contributed by atoms with Crippen molar-refractivity contribution in [1.82, 2.24) is 0 Å². The van der Waals surface area contributed by atoms with Gasteiger partial charge in [-0.2, -0.15) is 0 Å². The maximum Gasteiger partial charge on any atom is 0.275 e. The summed E-state index contributed by atoms with van der Waals surface area (Å²) in [5.41, 5.74) is 4.29. The van der Waals surface area contributed by atoms with Crippen LogP contribution in [0.5, 0.6) is 0 Å². The number of rotatable bonds is 2. The van der Waals surface area contributed by atoms with Gasteiger partial charge in [-0.05, 0) is 47.2 Å². The second kappa shape index (κ2) is 5.95. The molecule has 1 aliphatic carbocycles. The predicted molar refractivity (Wildman–Crippen MR) is 108 cm³/mol. The fourth-order valence-electron chi connectivity index (χ4n) is 4.73. The second-order valence-corrected chi connectivity index (χ2v) is 7.53. The molecule has 0 aromatic heterocycles. The zero-order valence-electron chi connectivity index (χ0n) is 15.1. The molecule has 1 heterocycles. The number of nitrogens with one attached hydrogen (secondary N) is 1. The van der Waals surface area contributed by atoms with Gasteiger partial charge in [0.1, 0.15) is 0 Å². The highest BCUT2D eigenvalue weighted by atomic mass is 16.6. The minimum absolute atomic E-state index is 0.0815. The van der Waals surface area contributed by atoms with Gasteiger partial charge >= 0.3 is 0 Å². The number of nitrogens with zero attached hydrogens (tertiary/aromatic N) is 1. The van der Waals surface area contributed by atoms with Gasteiger partial charge in [-0.3, -0.25) is 10.1 Å². The van der Waals surface area contributed by atoms with Crippen molar-refractivity contribution in [2.75, 3.05) is 5.32 Å². The minimum Gasteiger partial charge on any atom is -0.377 e. The molecule has 5 rings (SSSR count). The van der Waals surface area contributed by atoms with Crippen LogP contribution in [-0.2, 0) is 0 Å². The molecule has 0 amide bonds. The van der Waals surface area contributed by atoms with Gasteiger partial charge in [-0.25, -0.2) is 0 Å². The van der Waals surface area contributed by atoms with Crippen LogP contribution in [0.4, 0.5) is 11.4 Å². The number of allylic oxidation sites excluding steroid dienone is 2. The molecule has 4 nitrogen and oxygen atoms in total. The molecule has 3 atom stereocenters. The van der Waals surface area contributed by atoms with Crippen molar-refractivity contribution in [3.05, 3.63) is 93.6 Å². The largest absolute Gasteiger partial charge is 0.377 e. The van der Waals surface area contributed by atoms with E-state index in [2.05, 4.69) is 59.9 Å². The summed E-state index contributed by atoms with van der Waals surface area (Å²) in [7, 11) is 0. The molecule has 2 aliphatic rings. The average molecular weight is 356 g/mol. The Bertz CT molecular complexity index is 1100. The normalized spacial score (nSPS) is 22.9. The first-order valence-electron chi connectivity index (χ1n) is 9.33. The minimum atomic E-state index is -0.250. The third-order valence-electron chi connectivity index (χ3n) is 6.03. The van der Waals surface area contributed by atoms with Crippen molar-refractivity contribution < 1.29 is 4.92 Å². The zero-order valence-corrected chi connectivity index (χ0v) is 15.1. The Labute approximate surface area is 157 Å². The SMILES string of the molecule is Cc1ccc([N+](=O)[O-])c2c1NC(c1ccc3ccccc3c1)C1CC=CC21. The van der Waals surface area contributed by atoms with E-state index in [0.29, 0.717) is 5.92 Å². The Morgan fingerprint density at radius 2 is 1.89 bits per heavy atom. The number of hydrogen-bond donors (Lipinski definition) is 1. The van der Waals surface area contributed by atoms with Gasteiger partial charge in [0.2, 0.25) is 0 Å². The lowest BCUT2D eigenvalue weighted by atomic mass is 9.75. The molecule has 0 bridgehead atoms. The van der Waals surface area contributed by atoms with Crippen LogP contribution in [0.15, 0.2) is 66.7 Å². The molecular weight excluding hydrogens is 336 g/mol. The quantitative estimate of drug-likeness (QED) is 0.354. The van der Waals surface area contributed by atoms with Gasteiger partial charge in [-0.1, -0.05) is 54.6 Å². The van der Waals surface area contributed by atoms with Crippen molar-refractivity contribution >= 4 is 22.1 Å². The molecule has 0 radical (unpaired) electrons. The van der Waals surface area contributed by atoms with E-state index in [9.17, 15) is 10.1 Å². The standard InChI is InChI=1S/C23H20N2O2/c1-14-9-12-20(25(26)27)21-18-7-4-8-19(18)23(24-22(14)21)17-11-10-15-5-2-3-6-16(15)13-17/h2-7,9-13,18-19,23-24H,8H2,1H3. The van der Waals surface area contributed by atoms with Gasteiger partial charge in [0.15, 0.2) is 0 Å². The highest BCUT2D eigenvalue weighted by Gasteiger charge is 2.42. The number of aryl methyl sites for hydroxylation is 1. The number of hydrogen-bond acceptors (Lipinski definition) is 3. The first-order chi connectivity index (χ1) is 13.1. The summed E-state index contributed by atoms with van der Waals surface area (Å²) in [5, 5.41) is 17.7. The molecule has 0 fully saturated rings. The predicted octanol–water partition coefficient (Wildman–Crippen LogP) is 5.88. The van der Waals surface area contributed by atoms with E-state index in [1.165, 1.54) is 16.3 Å². The Morgan fingerprint density at radius 3 is 2.70 bits per heavy atom. The summed E-state index contributed by atoms with van der Waals surface area (Å²) in [5.74, 6) is 0.372. The highest BCUT2D eigenvalue weighted by molar-refractivity contribution is 5.83. The molecule has 27 heavy (non-hydrogen) atoms. The van der Waals surface area contributed by atoms with Crippen molar-refractivity contribution in [2.24, 2.45) is 5.92 Å². The van der Waals surface area contributed by atoms with E-state index >= 15 is 0 Å². The number of fused-ring (bicyclic) bond motifs is 4. The Hall–Kier alpha value is -3.14. The third-order valence-corrected chi connectivity index (χ3v) is 6.03. The van der Waals surface area contributed by atoms with Crippen LogP contribution < -0.4 is 5.32 Å².